The summed E-state index contributed by atoms with van der Waals surface area (Å²) >= 11 is 0. The van der Waals surface area contributed by atoms with Crippen LogP contribution < -0.4 is 9.62 Å². The van der Waals surface area contributed by atoms with Crippen LogP contribution in [0.25, 0.3) is 0 Å². The van der Waals surface area contributed by atoms with E-state index in [2.05, 4.69) is 5.32 Å². The summed E-state index contributed by atoms with van der Waals surface area (Å²) in [6.07, 6.45) is 0.801. The van der Waals surface area contributed by atoms with Crippen LogP contribution in [0.4, 0.5) is 5.69 Å². The molecule has 39 heavy (non-hydrogen) atoms. The molecule has 0 heterocycles. The van der Waals surface area contributed by atoms with Crippen molar-refractivity contribution < 1.29 is 18.0 Å². The number of hydrogen-bond donors (Lipinski definition) is 1. The number of carbonyl (C=O) groups is 2. The number of nitrogens with one attached hydrogen (secondary N) is 1. The van der Waals surface area contributed by atoms with Crippen molar-refractivity contribution in [2.75, 3.05) is 10.8 Å². The number of hydrogen-bond acceptors (Lipinski definition) is 4. The third-order valence-corrected chi connectivity index (χ3v) is 8.13. The maximum atomic E-state index is 14.0. The summed E-state index contributed by atoms with van der Waals surface area (Å²) in [5.41, 5.74) is 2.81. The minimum Gasteiger partial charge on any atom is -0.350 e. The summed E-state index contributed by atoms with van der Waals surface area (Å²) < 4.78 is 28.8. The average Bonchev–Trinajstić information content (AvgIpc) is 2.89. The Labute approximate surface area is 232 Å². The van der Waals surface area contributed by atoms with E-state index in [0.29, 0.717) is 5.69 Å². The fourth-order valence-electron chi connectivity index (χ4n) is 4.21. The normalized spacial score (nSPS) is 12.5. The Kier molecular flexibility index (Phi) is 9.56. The number of anilines is 1. The van der Waals surface area contributed by atoms with Crippen LogP contribution >= 0.6 is 0 Å². The van der Waals surface area contributed by atoms with Gasteiger partial charge in [-0.2, -0.15) is 0 Å². The number of sulfonamides is 1. The zero-order chi connectivity index (χ0) is 28.8. The molecule has 3 aromatic rings. The minimum atomic E-state index is -4.07. The Bertz CT molecular complexity index is 1380. The molecule has 0 aliphatic heterocycles. The molecule has 3 aromatic carbocycles. The Hall–Kier alpha value is -3.65. The first-order valence-electron chi connectivity index (χ1n) is 13.2. The number of rotatable bonds is 10. The van der Waals surface area contributed by atoms with Crippen molar-refractivity contribution in [1.29, 1.82) is 0 Å². The predicted molar refractivity (Wildman–Crippen MR) is 156 cm³/mol. The van der Waals surface area contributed by atoms with Gasteiger partial charge in [0, 0.05) is 12.1 Å². The van der Waals surface area contributed by atoms with E-state index in [4.69, 9.17) is 0 Å². The summed E-state index contributed by atoms with van der Waals surface area (Å²) in [6.45, 7) is 11.0. The van der Waals surface area contributed by atoms with Gasteiger partial charge in [-0.1, -0.05) is 67.1 Å². The molecule has 2 amide bonds. The number of aryl methyl sites for hydroxylation is 2. The largest absolute Gasteiger partial charge is 0.350 e. The molecule has 3 rings (SSSR count). The van der Waals surface area contributed by atoms with Crippen molar-refractivity contribution in [3.8, 4) is 0 Å². The first-order valence-corrected chi connectivity index (χ1v) is 14.6. The molecule has 0 spiro atoms. The lowest BCUT2D eigenvalue weighted by atomic mass is 10.1. The van der Waals surface area contributed by atoms with Gasteiger partial charge < -0.3 is 10.2 Å². The second-order valence-electron chi connectivity index (χ2n) is 10.8. The molecule has 0 bridgehead atoms. The van der Waals surface area contributed by atoms with E-state index in [-0.39, 0.29) is 17.3 Å². The minimum absolute atomic E-state index is 0.0844. The highest BCUT2D eigenvalue weighted by atomic mass is 32.2. The van der Waals surface area contributed by atoms with Crippen molar-refractivity contribution in [2.45, 2.75) is 71.0 Å². The van der Waals surface area contributed by atoms with Gasteiger partial charge in [0.1, 0.15) is 12.6 Å². The second-order valence-corrected chi connectivity index (χ2v) is 12.6. The van der Waals surface area contributed by atoms with Crippen molar-refractivity contribution in [3.63, 3.8) is 0 Å². The molecule has 0 aliphatic carbocycles. The molecule has 0 aliphatic rings. The predicted octanol–water partition coefficient (Wildman–Crippen LogP) is 5.08. The van der Waals surface area contributed by atoms with Gasteiger partial charge in [-0.05, 0) is 76.4 Å². The van der Waals surface area contributed by atoms with Crippen LogP contribution in [0.1, 0.15) is 51.3 Å². The lowest BCUT2D eigenvalue weighted by molar-refractivity contribution is -0.140. The maximum absolute atomic E-state index is 14.0. The molecule has 8 heteroatoms. The summed E-state index contributed by atoms with van der Waals surface area (Å²) in [7, 11) is -4.07. The third kappa shape index (κ3) is 7.93. The lowest BCUT2D eigenvalue weighted by Crippen LogP contribution is -2.54. The summed E-state index contributed by atoms with van der Waals surface area (Å²) in [5, 5.41) is 2.94. The van der Waals surface area contributed by atoms with E-state index in [1.54, 1.807) is 37.3 Å². The lowest BCUT2D eigenvalue weighted by Gasteiger charge is -2.33. The topological polar surface area (TPSA) is 86.8 Å². The maximum Gasteiger partial charge on any atom is 0.264 e. The van der Waals surface area contributed by atoms with Crippen molar-refractivity contribution in [1.82, 2.24) is 10.2 Å². The van der Waals surface area contributed by atoms with Crippen LogP contribution in [0.3, 0.4) is 0 Å². The monoisotopic (exact) mass is 549 g/mol. The van der Waals surface area contributed by atoms with Gasteiger partial charge in [-0.25, -0.2) is 8.42 Å². The zero-order valence-corrected chi connectivity index (χ0v) is 24.5. The molecule has 0 saturated heterocycles. The van der Waals surface area contributed by atoms with Gasteiger partial charge in [0.2, 0.25) is 11.8 Å². The summed E-state index contributed by atoms with van der Waals surface area (Å²) in [4.78, 5) is 28.7. The van der Waals surface area contributed by atoms with E-state index < -0.39 is 34.1 Å². The standard InChI is InChI=1S/C31H39N3O4S/c1-7-25-16-18-27(19-17-25)34(39(37,38)28-14-9-8-10-15-28)22-29(35)33(21-26-13-11-12-23(2)20-26)24(3)30(36)32-31(4,5)6/h8-20,24H,7,21-22H2,1-6H3,(H,32,36). The highest BCUT2D eigenvalue weighted by molar-refractivity contribution is 7.92. The third-order valence-electron chi connectivity index (χ3n) is 6.34. The van der Waals surface area contributed by atoms with Crippen LogP contribution in [0, 0.1) is 6.92 Å². The zero-order valence-electron chi connectivity index (χ0n) is 23.6. The molecule has 7 nitrogen and oxygen atoms in total. The molecule has 0 aromatic heterocycles. The van der Waals surface area contributed by atoms with Crippen molar-refractivity contribution >= 4 is 27.5 Å². The molecule has 208 valence electrons. The Morgan fingerprint density at radius 3 is 2.10 bits per heavy atom. The Morgan fingerprint density at radius 1 is 0.897 bits per heavy atom. The fourth-order valence-corrected chi connectivity index (χ4v) is 5.65. The number of amides is 2. The smallest absolute Gasteiger partial charge is 0.264 e. The molecule has 0 radical (unpaired) electrons. The van der Waals surface area contributed by atoms with Crippen LogP contribution in [0.2, 0.25) is 0 Å². The fraction of sp³-hybridized carbons (Fsp3) is 0.355. The van der Waals surface area contributed by atoms with Gasteiger partial charge in [0.25, 0.3) is 10.0 Å². The van der Waals surface area contributed by atoms with E-state index >= 15 is 0 Å². The summed E-state index contributed by atoms with van der Waals surface area (Å²) in [6, 6.07) is 22.1. The number of nitrogens with zero attached hydrogens (tertiary/aromatic N) is 2. The van der Waals surface area contributed by atoms with Crippen LogP contribution in [0.5, 0.6) is 0 Å². The van der Waals surface area contributed by atoms with Crippen molar-refractivity contribution in [3.05, 3.63) is 95.6 Å². The number of benzene rings is 3. The van der Waals surface area contributed by atoms with Gasteiger partial charge in [-0.3, -0.25) is 13.9 Å². The molecule has 1 atom stereocenters. The van der Waals surface area contributed by atoms with E-state index in [1.165, 1.54) is 17.0 Å². The van der Waals surface area contributed by atoms with Crippen molar-refractivity contribution in [2.24, 2.45) is 0 Å². The molecular weight excluding hydrogens is 510 g/mol. The molecule has 0 fully saturated rings. The highest BCUT2D eigenvalue weighted by Crippen LogP contribution is 2.25. The molecule has 1 unspecified atom stereocenters. The molecule has 0 saturated carbocycles. The van der Waals surface area contributed by atoms with Gasteiger partial charge in [0.05, 0.1) is 10.6 Å². The highest BCUT2D eigenvalue weighted by Gasteiger charge is 2.33. The van der Waals surface area contributed by atoms with E-state index in [9.17, 15) is 18.0 Å². The van der Waals surface area contributed by atoms with Gasteiger partial charge in [-0.15, -0.1) is 0 Å². The SMILES string of the molecule is CCc1ccc(N(CC(=O)N(Cc2cccc(C)c2)C(C)C(=O)NC(C)(C)C)S(=O)(=O)c2ccccc2)cc1. The van der Waals surface area contributed by atoms with Gasteiger partial charge >= 0.3 is 0 Å². The second kappa shape index (κ2) is 12.5. The Morgan fingerprint density at radius 2 is 1.54 bits per heavy atom. The summed E-state index contributed by atoms with van der Waals surface area (Å²) in [5.74, 6) is -0.791. The van der Waals surface area contributed by atoms with E-state index in [0.717, 1.165) is 27.4 Å². The average molecular weight is 550 g/mol. The molecular formula is C31H39N3O4S. The quantitative estimate of drug-likeness (QED) is 0.382. The van der Waals surface area contributed by atoms with Crippen LogP contribution in [-0.4, -0.2) is 43.3 Å². The van der Waals surface area contributed by atoms with Gasteiger partial charge in [0.15, 0.2) is 0 Å². The first-order chi connectivity index (χ1) is 18.3. The first kappa shape index (κ1) is 29.9. The van der Waals surface area contributed by atoms with Crippen LogP contribution in [-0.2, 0) is 32.6 Å². The Balaban J connectivity index is 2.03. The molecule has 1 N–H and O–H groups in total. The van der Waals surface area contributed by atoms with Crippen LogP contribution in [0.15, 0.2) is 83.8 Å². The number of carbonyl (C=O) groups excluding carboxylic acids is 2. The van der Waals surface area contributed by atoms with E-state index in [1.807, 2.05) is 71.0 Å².